The largest absolute Gasteiger partial charge is 0.491 e. The number of hydrogen-bond donors (Lipinski definition) is 2. The summed E-state index contributed by atoms with van der Waals surface area (Å²) < 4.78 is 18.4. The quantitative estimate of drug-likeness (QED) is 0.183. The molecule has 0 aromatic heterocycles. The third-order valence-corrected chi connectivity index (χ3v) is 9.01. The third-order valence-electron chi connectivity index (χ3n) is 9.01. The Balaban J connectivity index is 1.45. The first-order valence-electron chi connectivity index (χ1n) is 15.5. The van der Waals surface area contributed by atoms with Crippen LogP contribution in [0.1, 0.15) is 22.3 Å². The summed E-state index contributed by atoms with van der Waals surface area (Å²) >= 11 is 0. The molecule has 0 saturated heterocycles. The highest BCUT2D eigenvalue weighted by Gasteiger charge is 2.51. The highest BCUT2D eigenvalue weighted by molar-refractivity contribution is 5.92. The summed E-state index contributed by atoms with van der Waals surface area (Å²) in [6, 6.07) is 46.5. The minimum absolute atomic E-state index is 0.0818. The minimum Gasteiger partial charge on any atom is -0.491 e. The predicted molar refractivity (Wildman–Crippen MR) is 180 cm³/mol. The minimum atomic E-state index is -0.714. The Morgan fingerprint density at radius 1 is 0.457 bits per heavy atom. The van der Waals surface area contributed by atoms with Crippen LogP contribution in [0, 0.1) is 0 Å². The van der Waals surface area contributed by atoms with Gasteiger partial charge in [-0.05, 0) is 68.8 Å². The fourth-order valence-corrected chi connectivity index (χ4v) is 7.09. The molecule has 0 atom stereocenters. The van der Waals surface area contributed by atoms with Crippen LogP contribution < -0.4 is 14.2 Å². The van der Waals surface area contributed by atoms with E-state index in [2.05, 4.69) is 97.1 Å². The number of aliphatic hydroxyl groups is 2. The third kappa shape index (κ3) is 4.47. The predicted octanol–water partition coefficient (Wildman–Crippen LogP) is 8.23. The zero-order valence-electron chi connectivity index (χ0n) is 25.1. The molecule has 6 aromatic rings. The number of benzene rings is 6. The molecule has 8 rings (SSSR count). The van der Waals surface area contributed by atoms with Gasteiger partial charge in [-0.2, -0.15) is 0 Å². The first kappa shape index (κ1) is 28.1. The molecule has 46 heavy (non-hydrogen) atoms. The van der Waals surface area contributed by atoms with Crippen molar-refractivity contribution in [2.45, 2.75) is 5.41 Å². The van der Waals surface area contributed by atoms with Crippen LogP contribution >= 0.6 is 0 Å². The lowest BCUT2D eigenvalue weighted by atomic mass is 9.65. The average molecular weight is 605 g/mol. The molecule has 5 heteroatoms. The van der Waals surface area contributed by atoms with E-state index in [1.54, 1.807) is 0 Å². The van der Waals surface area contributed by atoms with E-state index in [0.29, 0.717) is 23.0 Å². The van der Waals surface area contributed by atoms with Crippen LogP contribution in [-0.2, 0) is 5.41 Å². The Morgan fingerprint density at radius 2 is 0.913 bits per heavy atom. The summed E-state index contributed by atoms with van der Waals surface area (Å²) in [4.78, 5) is 0. The maximum Gasteiger partial charge on any atom is 0.135 e. The van der Waals surface area contributed by atoms with Gasteiger partial charge in [-0.3, -0.25) is 0 Å². The van der Waals surface area contributed by atoms with Crippen molar-refractivity contribution < 1.29 is 24.4 Å². The van der Waals surface area contributed by atoms with Gasteiger partial charge >= 0.3 is 0 Å². The number of rotatable bonds is 8. The smallest absolute Gasteiger partial charge is 0.135 e. The monoisotopic (exact) mass is 604 g/mol. The van der Waals surface area contributed by atoms with Crippen LogP contribution in [0.4, 0.5) is 0 Å². The molecule has 1 heterocycles. The molecule has 226 valence electrons. The van der Waals surface area contributed by atoms with E-state index in [9.17, 15) is 10.2 Å². The van der Waals surface area contributed by atoms with Crippen LogP contribution in [0.25, 0.3) is 33.4 Å². The topological polar surface area (TPSA) is 68.2 Å². The van der Waals surface area contributed by atoms with Crippen molar-refractivity contribution in [3.63, 3.8) is 0 Å². The highest BCUT2D eigenvalue weighted by Crippen LogP contribution is 2.63. The summed E-state index contributed by atoms with van der Waals surface area (Å²) in [5.41, 5.74) is 10.6. The van der Waals surface area contributed by atoms with Gasteiger partial charge in [0.25, 0.3) is 0 Å². The summed E-state index contributed by atoms with van der Waals surface area (Å²) in [7, 11) is 0. The molecule has 2 aliphatic rings. The Labute approximate surface area is 267 Å². The van der Waals surface area contributed by atoms with Crippen molar-refractivity contribution in [3.05, 3.63) is 156 Å². The lowest BCUT2D eigenvalue weighted by molar-refractivity contribution is 0.200. The van der Waals surface area contributed by atoms with E-state index in [0.717, 1.165) is 33.4 Å². The second-order valence-electron chi connectivity index (χ2n) is 11.6. The van der Waals surface area contributed by atoms with Gasteiger partial charge in [0.05, 0.1) is 18.6 Å². The van der Waals surface area contributed by atoms with Crippen LogP contribution in [-0.4, -0.2) is 36.6 Å². The van der Waals surface area contributed by atoms with Crippen LogP contribution in [0.5, 0.6) is 23.0 Å². The molecule has 1 aliphatic carbocycles. The number of aliphatic hydroxyl groups excluding tert-OH is 2. The van der Waals surface area contributed by atoms with Crippen LogP contribution in [0.2, 0.25) is 0 Å². The summed E-state index contributed by atoms with van der Waals surface area (Å²) in [5, 5.41) is 18.9. The van der Waals surface area contributed by atoms with Crippen molar-refractivity contribution in [2.75, 3.05) is 26.4 Å². The van der Waals surface area contributed by atoms with Gasteiger partial charge in [-0.25, -0.2) is 0 Å². The Kier molecular flexibility index (Phi) is 7.05. The van der Waals surface area contributed by atoms with Gasteiger partial charge in [-0.15, -0.1) is 0 Å². The average Bonchev–Trinajstić information content (AvgIpc) is 3.39. The molecule has 6 aromatic carbocycles. The molecule has 0 unspecified atom stereocenters. The molecule has 0 amide bonds. The summed E-state index contributed by atoms with van der Waals surface area (Å²) in [6.07, 6.45) is 0. The second-order valence-corrected chi connectivity index (χ2v) is 11.6. The highest BCUT2D eigenvalue weighted by atomic mass is 16.5. The van der Waals surface area contributed by atoms with E-state index in [1.165, 1.54) is 22.3 Å². The first-order valence-corrected chi connectivity index (χ1v) is 15.5. The number of ether oxygens (including phenoxy) is 3. The zero-order valence-corrected chi connectivity index (χ0v) is 25.1. The fraction of sp³-hybridized carbons (Fsp3) is 0.122. The normalized spacial score (nSPS) is 13.3. The number of fused-ring (bicyclic) bond motifs is 9. The fourth-order valence-electron chi connectivity index (χ4n) is 7.09. The van der Waals surface area contributed by atoms with Crippen molar-refractivity contribution in [3.8, 4) is 56.4 Å². The van der Waals surface area contributed by atoms with E-state index in [1.807, 2.05) is 36.4 Å². The van der Waals surface area contributed by atoms with Gasteiger partial charge in [-0.1, -0.05) is 97.1 Å². The first-order chi connectivity index (χ1) is 22.7. The van der Waals surface area contributed by atoms with Crippen molar-refractivity contribution in [1.29, 1.82) is 0 Å². The lowest BCUT2D eigenvalue weighted by Crippen LogP contribution is -2.32. The maximum absolute atomic E-state index is 9.44. The molecular formula is C41H32O5. The van der Waals surface area contributed by atoms with Crippen LogP contribution in [0.3, 0.4) is 0 Å². The summed E-state index contributed by atoms with van der Waals surface area (Å²) in [5.74, 6) is 2.59. The molecule has 1 spiro atoms. The van der Waals surface area contributed by atoms with Gasteiger partial charge in [0.15, 0.2) is 0 Å². The standard InChI is InChI=1S/C41H32O5/c42-19-21-44-31-13-17-35-39(25-31)46-40-26-32(45-22-20-43)14-18-36(40)41(35)37-23-29(27-7-3-1-4-8-27)11-15-33(37)34-16-12-30(24-38(34)41)28-9-5-2-6-10-28/h1-18,23-26,42-43H,19-22H2. The lowest BCUT2D eigenvalue weighted by Gasteiger charge is -2.40. The van der Waals surface area contributed by atoms with E-state index >= 15 is 0 Å². The molecule has 5 nitrogen and oxygen atoms in total. The maximum atomic E-state index is 9.44. The van der Waals surface area contributed by atoms with Gasteiger partial charge in [0.1, 0.15) is 36.2 Å². The van der Waals surface area contributed by atoms with E-state index in [4.69, 9.17) is 14.2 Å². The molecule has 0 bridgehead atoms. The Bertz CT molecular complexity index is 1900. The van der Waals surface area contributed by atoms with Gasteiger partial charge < -0.3 is 24.4 Å². The van der Waals surface area contributed by atoms with E-state index < -0.39 is 5.41 Å². The van der Waals surface area contributed by atoms with Gasteiger partial charge in [0.2, 0.25) is 0 Å². The molecule has 2 N–H and O–H groups in total. The number of hydrogen-bond acceptors (Lipinski definition) is 5. The molecule has 0 saturated carbocycles. The van der Waals surface area contributed by atoms with Crippen molar-refractivity contribution in [2.24, 2.45) is 0 Å². The Hall–Kier alpha value is -5.36. The molecule has 1 aliphatic heterocycles. The zero-order chi connectivity index (χ0) is 31.1. The Morgan fingerprint density at radius 3 is 1.35 bits per heavy atom. The molecular weight excluding hydrogens is 572 g/mol. The second kappa shape index (κ2) is 11.5. The van der Waals surface area contributed by atoms with Crippen LogP contribution in [0.15, 0.2) is 133 Å². The van der Waals surface area contributed by atoms with E-state index in [-0.39, 0.29) is 26.4 Å². The molecule has 0 radical (unpaired) electrons. The SMILES string of the molecule is OCCOc1ccc2c(c1)Oc1cc(OCCO)ccc1C21c2cc(-c3ccccc3)ccc2-c2ccc(-c3ccccc3)cc21. The van der Waals surface area contributed by atoms with Crippen molar-refractivity contribution >= 4 is 0 Å². The van der Waals surface area contributed by atoms with Crippen molar-refractivity contribution in [1.82, 2.24) is 0 Å². The van der Waals surface area contributed by atoms with Gasteiger partial charge in [0, 0.05) is 23.3 Å². The molecule has 0 fully saturated rings. The summed E-state index contributed by atoms with van der Waals surface area (Å²) in [6.45, 7) is 0.210.